The van der Waals surface area contributed by atoms with Crippen molar-refractivity contribution in [3.8, 4) is 5.75 Å². The number of amides is 1. The third kappa shape index (κ3) is 5.60. The number of Topliss-reactive ketones (excluding diaryl/α,β-unsaturated/α-hetero) is 1. The number of ketones is 1. The highest BCUT2D eigenvalue weighted by atomic mass is 16.5. The number of carbonyl (C=O) groups is 3. The van der Waals surface area contributed by atoms with Crippen LogP contribution >= 0.6 is 0 Å². The second kappa shape index (κ2) is 6.83. The molecule has 1 aromatic rings. The lowest BCUT2D eigenvalue weighted by Crippen LogP contribution is -2.44. The average molecular weight is 289 g/mol. The fraction of sp³-hybridized carbons (Fsp3) is 0.312. The maximum Gasteiger partial charge on any atom is 0.379 e. The van der Waals surface area contributed by atoms with Crippen molar-refractivity contribution in [1.82, 2.24) is 5.32 Å². The molecule has 5 nitrogen and oxygen atoms in total. The van der Waals surface area contributed by atoms with Crippen molar-refractivity contribution < 1.29 is 19.1 Å². The zero-order valence-corrected chi connectivity index (χ0v) is 12.4. The van der Waals surface area contributed by atoms with Crippen LogP contribution in [0.2, 0.25) is 0 Å². The van der Waals surface area contributed by atoms with Gasteiger partial charge in [0.25, 0.3) is 0 Å². The molecule has 0 spiro atoms. The molecule has 0 heterocycles. The predicted octanol–water partition coefficient (Wildman–Crippen LogP) is 1.80. The lowest BCUT2D eigenvalue weighted by atomic mass is 9.95. The number of esters is 1. The van der Waals surface area contributed by atoms with Crippen LogP contribution in [0.1, 0.15) is 26.3 Å². The predicted molar refractivity (Wildman–Crippen MR) is 78.9 cm³/mol. The van der Waals surface area contributed by atoms with Gasteiger partial charge >= 0.3 is 5.97 Å². The molecule has 0 saturated carbocycles. The first-order valence-electron chi connectivity index (χ1n) is 6.50. The van der Waals surface area contributed by atoms with Crippen molar-refractivity contribution >= 4 is 17.7 Å². The molecule has 0 aromatic heterocycles. The van der Waals surface area contributed by atoms with Crippen LogP contribution in [0.3, 0.4) is 0 Å². The van der Waals surface area contributed by atoms with E-state index in [1.54, 1.807) is 24.3 Å². The van der Waals surface area contributed by atoms with E-state index in [1.807, 2.05) is 13.8 Å². The molecular formula is C16H19NO4. The Balaban J connectivity index is 2.70. The van der Waals surface area contributed by atoms with Crippen molar-refractivity contribution in [2.45, 2.75) is 32.7 Å². The van der Waals surface area contributed by atoms with Crippen molar-refractivity contribution in [3.05, 3.63) is 42.5 Å². The summed E-state index contributed by atoms with van der Waals surface area (Å²) in [4.78, 5) is 33.3. The van der Waals surface area contributed by atoms with Crippen LogP contribution in [-0.4, -0.2) is 23.2 Å². The van der Waals surface area contributed by atoms with Crippen LogP contribution in [-0.2, 0) is 20.8 Å². The summed E-state index contributed by atoms with van der Waals surface area (Å²) in [7, 11) is 0. The quantitative estimate of drug-likeness (QED) is 0.375. The van der Waals surface area contributed by atoms with Crippen LogP contribution in [0.4, 0.5) is 0 Å². The molecule has 0 unspecified atom stereocenters. The Bertz CT molecular complexity index is 558. The largest absolute Gasteiger partial charge is 0.421 e. The summed E-state index contributed by atoms with van der Waals surface area (Å²) in [6.07, 6.45) is 1.83. The Morgan fingerprint density at radius 2 is 1.81 bits per heavy atom. The Labute approximate surface area is 124 Å². The smallest absolute Gasteiger partial charge is 0.379 e. The molecule has 0 fully saturated rings. The van der Waals surface area contributed by atoms with Gasteiger partial charge in [0.1, 0.15) is 5.75 Å². The van der Waals surface area contributed by atoms with Crippen molar-refractivity contribution in [2.24, 2.45) is 0 Å². The van der Waals surface area contributed by atoms with Gasteiger partial charge in [-0.3, -0.25) is 9.59 Å². The summed E-state index contributed by atoms with van der Waals surface area (Å²) in [5.41, 5.74) is 0.537. The molecule has 1 N–H and O–H groups in total. The number of hydrogen-bond acceptors (Lipinski definition) is 4. The van der Waals surface area contributed by atoms with E-state index in [1.165, 1.54) is 6.08 Å². The first-order chi connectivity index (χ1) is 9.73. The van der Waals surface area contributed by atoms with E-state index in [2.05, 4.69) is 11.9 Å². The van der Waals surface area contributed by atoms with Crippen LogP contribution in [0.25, 0.3) is 0 Å². The highest BCUT2D eigenvalue weighted by molar-refractivity contribution is 6.33. The minimum Gasteiger partial charge on any atom is -0.421 e. The second-order valence-electron chi connectivity index (χ2n) is 5.34. The monoisotopic (exact) mass is 289 g/mol. The number of nitrogens with one attached hydrogen (secondary N) is 1. The molecule has 0 aliphatic heterocycles. The number of carbonyl (C=O) groups excluding carboxylic acids is 3. The summed E-state index contributed by atoms with van der Waals surface area (Å²) in [5.74, 6) is -1.45. The maximum atomic E-state index is 11.3. The van der Waals surface area contributed by atoms with E-state index >= 15 is 0 Å². The van der Waals surface area contributed by atoms with Crippen LogP contribution in [0.15, 0.2) is 36.9 Å². The van der Waals surface area contributed by atoms with Gasteiger partial charge in [-0.15, -0.1) is 0 Å². The molecule has 0 aliphatic carbocycles. The van der Waals surface area contributed by atoms with Crippen LogP contribution < -0.4 is 10.1 Å². The van der Waals surface area contributed by atoms with E-state index in [4.69, 9.17) is 4.74 Å². The molecule has 21 heavy (non-hydrogen) atoms. The maximum absolute atomic E-state index is 11.3. The summed E-state index contributed by atoms with van der Waals surface area (Å²) < 4.78 is 4.87. The Hall–Kier alpha value is -2.43. The van der Waals surface area contributed by atoms with E-state index in [-0.39, 0.29) is 5.91 Å². The number of benzene rings is 1. The van der Waals surface area contributed by atoms with E-state index < -0.39 is 17.3 Å². The minimum atomic E-state index is -0.888. The topological polar surface area (TPSA) is 72.5 Å². The minimum absolute atomic E-state index is 0.230. The van der Waals surface area contributed by atoms with Crippen molar-refractivity contribution in [3.63, 3.8) is 0 Å². The van der Waals surface area contributed by atoms with Gasteiger partial charge < -0.3 is 10.1 Å². The first kappa shape index (κ1) is 16.6. The molecule has 1 rings (SSSR count). The average Bonchev–Trinajstić information content (AvgIpc) is 2.39. The van der Waals surface area contributed by atoms with E-state index in [0.29, 0.717) is 12.2 Å². The highest BCUT2D eigenvalue weighted by Crippen LogP contribution is 2.17. The zero-order chi connectivity index (χ0) is 16.0. The summed E-state index contributed by atoms with van der Waals surface area (Å²) in [5, 5.41) is 2.83. The standard InChI is InChI=1S/C16H19NO4/c1-5-14(19)17-16(3,4)10-12-6-8-13(9-7-12)21-15(20)11(2)18/h5-9H,1,10H2,2-4H3,(H,17,19). The molecular weight excluding hydrogens is 270 g/mol. The lowest BCUT2D eigenvalue weighted by Gasteiger charge is -2.25. The van der Waals surface area contributed by atoms with Gasteiger partial charge in [0.15, 0.2) is 0 Å². The summed E-state index contributed by atoms with van der Waals surface area (Å²) in [6.45, 7) is 8.37. The number of rotatable bonds is 6. The molecule has 112 valence electrons. The third-order valence-electron chi connectivity index (χ3n) is 2.71. The lowest BCUT2D eigenvalue weighted by molar-refractivity contribution is -0.146. The molecule has 5 heteroatoms. The Morgan fingerprint density at radius 3 is 2.29 bits per heavy atom. The SMILES string of the molecule is C=CC(=O)NC(C)(C)Cc1ccc(OC(=O)C(C)=O)cc1. The molecule has 1 aromatic carbocycles. The van der Waals surface area contributed by atoms with Gasteiger partial charge in [0, 0.05) is 12.5 Å². The Morgan fingerprint density at radius 1 is 1.24 bits per heavy atom. The van der Waals surface area contributed by atoms with Gasteiger partial charge in [-0.05, 0) is 44.0 Å². The zero-order valence-electron chi connectivity index (χ0n) is 12.4. The molecule has 0 atom stereocenters. The number of hydrogen-bond donors (Lipinski definition) is 1. The summed E-state index contributed by atoms with van der Waals surface area (Å²) in [6, 6.07) is 6.79. The molecule has 0 radical (unpaired) electrons. The van der Waals surface area contributed by atoms with E-state index in [9.17, 15) is 14.4 Å². The third-order valence-corrected chi connectivity index (χ3v) is 2.71. The fourth-order valence-electron chi connectivity index (χ4n) is 1.79. The number of ether oxygens (including phenoxy) is 1. The van der Waals surface area contributed by atoms with Crippen molar-refractivity contribution in [1.29, 1.82) is 0 Å². The Kier molecular flexibility index (Phi) is 5.41. The van der Waals surface area contributed by atoms with Gasteiger partial charge in [0.2, 0.25) is 11.7 Å². The molecule has 0 aliphatic rings. The van der Waals surface area contributed by atoms with Gasteiger partial charge in [-0.2, -0.15) is 0 Å². The molecule has 0 bridgehead atoms. The van der Waals surface area contributed by atoms with Gasteiger partial charge in [-0.25, -0.2) is 4.79 Å². The normalized spacial score (nSPS) is 10.6. The van der Waals surface area contributed by atoms with Crippen LogP contribution in [0.5, 0.6) is 5.75 Å². The van der Waals surface area contributed by atoms with Gasteiger partial charge in [-0.1, -0.05) is 18.7 Å². The van der Waals surface area contributed by atoms with Crippen LogP contribution in [0, 0.1) is 0 Å². The second-order valence-corrected chi connectivity index (χ2v) is 5.34. The van der Waals surface area contributed by atoms with Gasteiger partial charge in [0.05, 0.1) is 0 Å². The molecule has 0 saturated heterocycles. The first-order valence-corrected chi connectivity index (χ1v) is 6.50. The highest BCUT2D eigenvalue weighted by Gasteiger charge is 2.20. The molecule has 1 amide bonds. The van der Waals surface area contributed by atoms with Crippen molar-refractivity contribution in [2.75, 3.05) is 0 Å². The fourth-order valence-corrected chi connectivity index (χ4v) is 1.79. The summed E-state index contributed by atoms with van der Waals surface area (Å²) >= 11 is 0. The van der Waals surface area contributed by atoms with E-state index in [0.717, 1.165) is 12.5 Å².